The average Bonchev–Trinajstić information content (AvgIpc) is 2.64. The van der Waals surface area contributed by atoms with Gasteiger partial charge in [0.15, 0.2) is 0 Å². The molecule has 1 rings (SSSR count). The molecule has 0 amide bonds. The molecule has 0 fully saturated rings. The van der Waals surface area contributed by atoms with Gasteiger partial charge in [-0.15, -0.1) is 0 Å². The molecule has 0 N–H and O–H groups in total. The Morgan fingerprint density at radius 1 is 1.44 bits per heavy atom. The topological polar surface area (TPSA) is 34.9 Å². The number of ketones is 1. The number of carbonyl (C=O) groups is 1. The summed E-state index contributed by atoms with van der Waals surface area (Å²) in [4.78, 5) is 10.8. The Hall–Kier alpha value is -1.33. The molecule has 16 heavy (non-hydrogen) atoms. The lowest BCUT2D eigenvalue weighted by Crippen LogP contribution is -2.22. The van der Waals surface area contributed by atoms with Crippen molar-refractivity contribution in [2.24, 2.45) is 0 Å². The highest BCUT2D eigenvalue weighted by atomic mass is 19.4. The average molecular weight is 234 g/mol. The maximum Gasteiger partial charge on any atom is 0.454 e. The van der Waals surface area contributed by atoms with Crippen molar-refractivity contribution in [1.29, 1.82) is 0 Å². The lowest BCUT2D eigenvalue weighted by atomic mass is 10.2. The SMILES string of the molecule is CCCCCn1cc(C(=O)C(F)(F)F)cn1. The number of unbranched alkanes of at least 4 members (excludes halogenated alkanes) is 2. The third-order valence-corrected chi connectivity index (χ3v) is 2.14. The zero-order valence-corrected chi connectivity index (χ0v) is 8.92. The van der Waals surface area contributed by atoms with Gasteiger partial charge in [-0.1, -0.05) is 19.8 Å². The summed E-state index contributed by atoms with van der Waals surface area (Å²) < 4.78 is 37.6. The first-order valence-corrected chi connectivity index (χ1v) is 5.09. The van der Waals surface area contributed by atoms with Gasteiger partial charge in [-0.25, -0.2) is 0 Å². The van der Waals surface area contributed by atoms with Crippen LogP contribution < -0.4 is 0 Å². The van der Waals surface area contributed by atoms with Gasteiger partial charge in [0.05, 0.1) is 11.8 Å². The number of carbonyl (C=O) groups excluding carboxylic acids is 1. The Labute approximate surface area is 91.3 Å². The van der Waals surface area contributed by atoms with E-state index >= 15 is 0 Å². The first kappa shape index (κ1) is 12.7. The molecule has 1 aromatic rings. The Balaban J connectivity index is 2.61. The maximum atomic E-state index is 12.1. The van der Waals surface area contributed by atoms with E-state index in [1.165, 1.54) is 4.68 Å². The molecule has 0 aromatic carbocycles. The van der Waals surface area contributed by atoms with E-state index in [1.54, 1.807) is 0 Å². The molecule has 1 heterocycles. The van der Waals surface area contributed by atoms with E-state index in [0.29, 0.717) is 6.54 Å². The van der Waals surface area contributed by atoms with E-state index in [1.807, 2.05) is 6.92 Å². The summed E-state index contributed by atoms with van der Waals surface area (Å²) in [5.41, 5.74) is -0.399. The fraction of sp³-hybridized carbons (Fsp3) is 0.600. The first-order chi connectivity index (χ1) is 7.45. The Kier molecular flexibility index (Phi) is 4.09. The highest BCUT2D eigenvalue weighted by Crippen LogP contribution is 2.20. The second kappa shape index (κ2) is 5.14. The molecule has 0 aliphatic heterocycles. The Morgan fingerprint density at radius 3 is 2.69 bits per heavy atom. The number of aromatic nitrogens is 2. The Morgan fingerprint density at radius 2 is 2.12 bits per heavy atom. The van der Waals surface area contributed by atoms with Gasteiger partial charge in [-0.3, -0.25) is 9.48 Å². The highest BCUT2D eigenvalue weighted by molar-refractivity contribution is 5.99. The van der Waals surface area contributed by atoms with Crippen LogP contribution in [0.3, 0.4) is 0 Å². The first-order valence-electron chi connectivity index (χ1n) is 5.09. The van der Waals surface area contributed by atoms with Gasteiger partial charge < -0.3 is 0 Å². The normalized spacial score (nSPS) is 11.8. The summed E-state index contributed by atoms with van der Waals surface area (Å²) in [6.45, 7) is 2.57. The maximum absolute atomic E-state index is 12.1. The largest absolute Gasteiger partial charge is 0.454 e. The van der Waals surface area contributed by atoms with Crippen molar-refractivity contribution in [3.63, 3.8) is 0 Å². The molecule has 0 saturated heterocycles. The van der Waals surface area contributed by atoms with Gasteiger partial charge >= 0.3 is 6.18 Å². The zero-order chi connectivity index (χ0) is 12.2. The number of nitrogens with zero attached hydrogens (tertiary/aromatic N) is 2. The lowest BCUT2D eigenvalue weighted by Gasteiger charge is -2.01. The fourth-order valence-electron chi connectivity index (χ4n) is 1.29. The minimum absolute atomic E-state index is 0.399. The molecule has 0 aliphatic carbocycles. The van der Waals surface area contributed by atoms with E-state index < -0.39 is 17.5 Å². The molecular formula is C10H13F3N2O. The van der Waals surface area contributed by atoms with E-state index in [2.05, 4.69) is 5.10 Å². The van der Waals surface area contributed by atoms with E-state index in [9.17, 15) is 18.0 Å². The summed E-state index contributed by atoms with van der Waals surface area (Å²) in [6.07, 6.45) is 0.139. The van der Waals surface area contributed by atoms with E-state index in [-0.39, 0.29) is 0 Å². The third-order valence-electron chi connectivity index (χ3n) is 2.14. The van der Waals surface area contributed by atoms with Crippen LogP contribution in [-0.2, 0) is 6.54 Å². The van der Waals surface area contributed by atoms with Crippen molar-refractivity contribution in [2.45, 2.75) is 38.9 Å². The smallest absolute Gasteiger partial charge is 0.284 e. The third kappa shape index (κ3) is 3.36. The summed E-state index contributed by atoms with van der Waals surface area (Å²) in [5, 5.41) is 3.72. The summed E-state index contributed by atoms with van der Waals surface area (Å²) in [5.74, 6) is -1.84. The predicted octanol–water partition coefficient (Wildman–Crippen LogP) is 2.82. The number of halogens is 3. The zero-order valence-electron chi connectivity index (χ0n) is 8.92. The molecule has 90 valence electrons. The number of rotatable bonds is 5. The molecule has 3 nitrogen and oxygen atoms in total. The molecule has 0 radical (unpaired) electrons. The van der Waals surface area contributed by atoms with Crippen LogP contribution in [0.25, 0.3) is 0 Å². The second-order valence-electron chi connectivity index (χ2n) is 3.53. The molecule has 6 heteroatoms. The summed E-state index contributed by atoms with van der Waals surface area (Å²) >= 11 is 0. The van der Waals surface area contributed by atoms with Crippen LogP contribution in [0.4, 0.5) is 13.2 Å². The van der Waals surface area contributed by atoms with Gasteiger partial charge in [0.25, 0.3) is 5.78 Å². The van der Waals surface area contributed by atoms with Gasteiger partial charge in [-0.2, -0.15) is 18.3 Å². The van der Waals surface area contributed by atoms with Crippen molar-refractivity contribution in [2.75, 3.05) is 0 Å². The molecule has 0 saturated carbocycles. The van der Waals surface area contributed by atoms with Crippen LogP contribution in [0.5, 0.6) is 0 Å². The fourth-order valence-corrected chi connectivity index (χ4v) is 1.29. The molecule has 0 spiro atoms. The van der Waals surface area contributed by atoms with Crippen molar-refractivity contribution >= 4 is 5.78 Å². The molecule has 0 unspecified atom stereocenters. The highest BCUT2D eigenvalue weighted by Gasteiger charge is 2.39. The number of aryl methyl sites for hydroxylation is 1. The standard InChI is InChI=1S/C10H13F3N2O/c1-2-3-4-5-15-7-8(6-14-15)9(16)10(11,12)13/h6-7H,2-5H2,1H3. The molecule has 0 atom stereocenters. The minimum Gasteiger partial charge on any atom is -0.284 e. The van der Waals surface area contributed by atoms with Crippen molar-refractivity contribution in [3.05, 3.63) is 18.0 Å². The molecule has 0 aliphatic rings. The molecule has 0 bridgehead atoms. The monoisotopic (exact) mass is 234 g/mol. The number of hydrogen-bond acceptors (Lipinski definition) is 2. The van der Waals surface area contributed by atoms with E-state index in [0.717, 1.165) is 31.7 Å². The van der Waals surface area contributed by atoms with Crippen LogP contribution in [0, 0.1) is 0 Å². The minimum atomic E-state index is -4.82. The predicted molar refractivity (Wildman–Crippen MR) is 52.1 cm³/mol. The van der Waals surface area contributed by atoms with E-state index in [4.69, 9.17) is 0 Å². The van der Waals surface area contributed by atoms with Crippen LogP contribution in [0.2, 0.25) is 0 Å². The number of hydrogen-bond donors (Lipinski definition) is 0. The number of alkyl halides is 3. The van der Waals surface area contributed by atoms with Gasteiger partial charge in [0, 0.05) is 12.7 Å². The van der Waals surface area contributed by atoms with Gasteiger partial charge in [-0.05, 0) is 6.42 Å². The summed E-state index contributed by atoms with van der Waals surface area (Å²) in [7, 11) is 0. The second-order valence-corrected chi connectivity index (χ2v) is 3.53. The molecular weight excluding hydrogens is 221 g/mol. The summed E-state index contributed by atoms with van der Waals surface area (Å²) in [6, 6.07) is 0. The Bertz CT molecular complexity index is 357. The molecule has 1 aromatic heterocycles. The van der Waals surface area contributed by atoms with Crippen LogP contribution in [0.15, 0.2) is 12.4 Å². The van der Waals surface area contributed by atoms with Crippen molar-refractivity contribution < 1.29 is 18.0 Å². The van der Waals surface area contributed by atoms with Crippen molar-refractivity contribution in [3.8, 4) is 0 Å². The van der Waals surface area contributed by atoms with Gasteiger partial charge in [0.1, 0.15) is 0 Å². The van der Waals surface area contributed by atoms with Crippen molar-refractivity contribution in [1.82, 2.24) is 9.78 Å². The van der Waals surface area contributed by atoms with Crippen LogP contribution in [-0.4, -0.2) is 21.7 Å². The van der Waals surface area contributed by atoms with Gasteiger partial charge in [0.2, 0.25) is 0 Å². The van der Waals surface area contributed by atoms with Crippen LogP contribution in [0.1, 0.15) is 36.5 Å². The van der Waals surface area contributed by atoms with Crippen LogP contribution >= 0.6 is 0 Å². The lowest BCUT2D eigenvalue weighted by molar-refractivity contribution is -0.0885. The quantitative estimate of drug-likeness (QED) is 0.580. The number of Topliss-reactive ketones (excluding diaryl/α,β-unsaturated/α-hetero) is 1.